The number of nitrogens with zero attached hydrogens (tertiary/aromatic N) is 3. The summed E-state index contributed by atoms with van der Waals surface area (Å²) in [5.74, 6) is -3.34. The third-order valence-electron chi connectivity index (χ3n) is 5.83. The van der Waals surface area contributed by atoms with Crippen LogP contribution in [-0.4, -0.2) is 36.0 Å². The highest BCUT2D eigenvalue weighted by Crippen LogP contribution is 2.30. The first-order valence-electron chi connectivity index (χ1n) is 12.0. The summed E-state index contributed by atoms with van der Waals surface area (Å²) in [6, 6.07) is 31.3. The molecule has 1 heterocycles. The monoisotopic (exact) mass is 519 g/mol. The van der Waals surface area contributed by atoms with Crippen molar-refractivity contribution in [2.45, 2.75) is 12.2 Å². The second-order valence-electron chi connectivity index (χ2n) is 8.45. The number of imide groups is 1. The number of carbonyl (C=O) groups excluding carboxylic acids is 4. The molecule has 4 aromatic rings. The van der Waals surface area contributed by atoms with E-state index in [0.717, 1.165) is 4.90 Å². The van der Waals surface area contributed by atoms with E-state index in [2.05, 4.69) is 10.2 Å². The summed E-state index contributed by atoms with van der Waals surface area (Å²) >= 11 is 0. The Bertz CT molecular complexity index is 1450. The Kier molecular flexibility index (Phi) is 7.31. The molecular formula is C30H21N3O6. The lowest BCUT2D eigenvalue weighted by Crippen LogP contribution is -2.37. The molecule has 39 heavy (non-hydrogen) atoms. The summed E-state index contributed by atoms with van der Waals surface area (Å²) in [5, 5.41) is 8.30. The first kappa shape index (κ1) is 25.2. The van der Waals surface area contributed by atoms with E-state index in [9.17, 15) is 19.2 Å². The molecule has 192 valence electrons. The quantitative estimate of drug-likeness (QED) is 0.183. The van der Waals surface area contributed by atoms with Gasteiger partial charge in [-0.15, -0.1) is 0 Å². The average molecular weight is 520 g/mol. The Morgan fingerprint density at radius 3 is 1.36 bits per heavy atom. The van der Waals surface area contributed by atoms with Gasteiger partial charge in [-0.3, -0.25) is 9.59 Å². The number of carbonyl (C=O) groups is 4. The van der Waals surface area contributed by atoms with Crippen molar-refractivity contribution in [2.75, 3.05) is 4.90 Å². The number of benzene rings is 4. The van der Waals surface area contributed by atoms with Crippen molar-refractivity contribution in [3.8, 4) is 0 Å². The van der Waals surface area contributed by atoms with E-state index >= 15 is 0 Å². The molecule has 0 aromatic heterocycles. The third kappa shape index (κ3) is 5.62. The van der Waals surface area contributed by atoms with Crippen LogP contribution in [0, 0.1) is 0 Å². The first-order valence-corrected chi connectivity index (χ1v) is 12.0. The minimum Gasteiger partial charge on any atom is -0.444 e. The van der Waals surface area contributed by atoms with Crippen LogP contribution in [0.1, 0.15) is 20.7 Å². The minimum absolute atomic E-state index is 0.178. The zero-order valence-corrected chi connectivity index (χ0v) is 20.4. The van der Waals surface area contributed by atoms with Gasteiger partial charge >= 0.3 is 11.9 Å². The smallest absolute Gasteiger partial charge is 0.339 e. The highest BCUT2D eigenvalue weighted by atomic mass is 16.6. The first-order chi connectivity index (χ1) is 19.0. The molecule has 1 fully saturated rings. The molecular weight excluding hydrogens is 498 g/mol. The second kappa shape index (κ2) is 11.3. The topological polar surface area (TPSA) is 115 Å². The maximum atomic E-state index is 13.4. The number of rotatable bonds is 7. The molecule has 0 radical (unpaired) electrons. The number of esters is 2. The van der Waals surface area contributed by atoms with Gasteiger partial charge in [0.2, 0.25) is 12.2 Å². The molecule has 4 aromatic carbocycles. The molecule has 1 aliphatic rings. The third-order valence-corrected chi connectivity index (χ3v) is 5.83. The molecule has 9 heteroatoms. The van der Waals surface area contributed by atoms with Gasteiger partial charge in [-0.2, -0.15) is 10.2 Å². The maximum Gasteiger partial charge on any atom is 0.339 e. The summed E-state index contributed by atoms with van der Waals surface area (Å²) < 4.78 is 10.9. The van der Waals surface area contributed by atoms with Gasteiger partial charge in [-0.25, -0.2) is 14.5 Å². The number of hydrogen-bond acceptors (Lipinski definition) is 8. The largest absolute Gasteiger partial charge is 0.444 e. The van der Waals surface area contributed by atoms with Gasteiger partial charge in [0.15, 0.2) is 0 Å². The van der Waals surface area contributed by atoms with E-state index in [-0.39, 0.29) is 16.8 Å². The fourth-order valence-electron chi connectivity index (χ4n) is 3.89. The molecule has 1 saturated heterocycles. The van der Waals surface area contributed by atoms with Crippen molar-refractivity contribution >= 4 is 40.8 Å². The lowest BCUT2D eigenvalue weighted by molar-refractivity contribution is -0.130. The van der Waals surface area contributed by atoms with Gasteiger partial charge in [0, 0.05) is 0 Å². The van der Waals surface area contributed by atoms with E-state index in [1.165, 1.54) is 36.4 Å². The van der Waals surface area contributed by atoms with Gasteiger partial charge < -0.3 is 9.47 Å². The Morgan fingerprint density at radius 1 is 0.538 bits per heavy atom. The Balaban J connectivity index is 1.40. The van der Waals surface area contributed by atoms with Crippen molar-refractivity contribution in [3.63, 3.8) is 0 Å². The van der Waals surface area contributed by atoms with Crippen molar-refractivity contribution in [1.29, 1.82) is 0 Å². The van der Waals surface area contributed by atoms with Crippen LogP contribution in [0.4, 0.5) is 17.1 Å². The highest BCUT2D eigenvalue weighted by Gasteiger charge is 2.53. The van der Waals surface area contributed by atoms with Gasteiger partial charge in [-0.05, 0) is 60.7 Å². The average Bonchev–Trinajstić information content (AvgIpc) is 3.21. The van der Waals surface area contributed by atoms with Crippen LogP contribution >= 0.6 is 0 Å². The van der Waals surface area contributed by atoms with Crippen molar-refractivity contribution in [3.05, 3.63) is 126 Å². The predicted octanol–water partition coefficient (Wildman–Crippen LogP) is 5.43. The maximum absolute atomic E-state index is 13.4. The van der Waals surface area contributed by atoms with E-state index in [4.69, 9.17) is 9.47 Å². The SMILES string of the molecule is O=C(O[C@@H]1C(=O)N(c2ccc(N=Nc3ccccc3)cc2)C(=O)[C@H]1OC(=O)c1ccccc1)c1ccccc1. The van der Waals surface area contributed by atoms with Gasteiger partial charge in [0.05, 0.1) is 28.2 Å². The van der Waals surface area contributed by atoms with Crippen LogP contribution in [0.2, 0.25) is 0 Å². The number of ether oxygens (including phenoxy) is 2. The predicted molar refractivity (Wildman–Crippen MR) is 141 cm³/mol. The molecule has 0 N–H and O–H groups in total. The Morgan fingerprint density at radius 2 is 0.923 bits per heavy atom. The lowest BCUT2D eigenvalue weighted by atomic mass is 10.2. The van der Waals surface area contributed by atoms with Crippen LogP contribution in [0.3, 0.4) is 0 Å². The van der Waals surface area contributed by atoms with E-state index in [1.807, 2.05) is 18.2 Å². The van der Waals surface area contributed by atoms with Crippen molar-refractivity contribution < 1.29 is 28.7 Å². The van der Waals surface area contributed by atoms with Crippen LogP contribution in [-0.2, 0) is 19.1 Å². The molecule has 0 bridgehead atoms. The molecule has 1 aliphatic heterocycles. The van der Waals surface area contributed by atoms with Gasteiger partial charge in [0.25, 0.3) is 11.8 Å². The summed E-state index contributed by atoms with van der Waals surface area (Å²) in [6.45, 7) is 0. The molecule has 9 nitrogen and oxygen atoms in total. The van der Waals surface area contributed by atoms with Crippen molar-refractivity contribution in [2.24, 2.45) is 10.2 Å². The Labute approximate surface area is 223 Å². The van der Waals surface area contributed by atoms with Crippen LogP contribution in [0.5, 0.6) is 0 Å². The van der Waals surface area contributed by atoms with Crippen LogP contribution < -0.4 is 4.90 Å². The second-order valence-corrected chi connectivity index (χ2v) is 8.45. The molecule has 0 unspecified atom stereocenters. The minimum atomic E-state index is -1.67. The van der Waals surface area contributed by atoms with E-state index < -0.39 is 36.0 Å². The summed E-state index contributed by atoms with van der Waals surface area (Å²) in [7, 11) is 0. The van der Waals surface area contributed by atoms with Gasteiger partial charge in [-0.1, -0.05) is 54.6 Å². The lowest BCUT2D eigenvalue weighted by Gasteiger charge is -2.16. The van der Waals surface area contributed by atoms with E-state index in [0.29, 0.717) is 11.4 Å². The summed E-state index contributed by atoms with van der Waals surface area (Å²) in [6.07, 6.45) is -3.34. The standard InChI is InChI=1S/C30H21N3O6/c34-27-25(38-29(36)20-10-4-1-5-11-20)26(39-30(37)21-12-6-2-7-13-21)28(35)33(27)24-18-16-23(17-19-24)32-31-22-14-8-3-9-15-22/h1-19,25-26H/t25-,26-/m0/s1. The number of anilines is 1. The zero-order chi connectivity index (χ0) is 27.2. The number of azo groups is 1. The number of amides is 2. The Hall–Kier alpha value is -5.44. The zero-order valence-electron chi connectivity index (χ0n) is 20.4. The molecule has 0 aliphatic carbocycles. The highest BCUT2D eigenvalue weighted by molar-refractivity contribution is 6.25. The fourth-order valence-corrected chi connectivity index (χ4v) is 3.89. The molecule has 2 amide bonds. The van der Waals surface area contributed by atoms with E-state index in [1.54, 1.807) is 60.7 Å². The summed E-state index contributed by atoms with van der Waals surface area (Å²) in [5.41, 5.74) is 1.70. The summed E-state index contributed by atoms with van der Waals surface area (Å²) in [4.78, 5) is 53.2. The van der Waals surface area contributed by atoms with Gasteiger partial charge in [0.1, 0.15) is 0 Å². The van der Waals surface area contributed by atoms with Crippen LogP contribution in [0.25, 0.3) is 0 Å². The molecule has 0 saturated carbocycles. The molecule has 0 spiro atoms. The number of hydrogen-bond donors (Lipinski definition) is 0. The fraction of sp³-hybridized carbons (Fsp3) is 0.0667. The molecule has 2 atom stereocenters. The normalized spacial score (nSPS) is 16.9. The van der Waals surface area contributed by atoms with Crippen molar-refractivity contribution in [1.82, 2.24) is 0 Å². The molecule has 5 rings (SSSR count). The van der Waals surface area contributed by atoms with Crippen LogP contribution in [0.15, 0.2) is 125 Å².